The number of halogens is 1. The number of hydrogen-bond donors (Lipinski definition) is 2. The summed E-state index contributed by atoms with van der Waals surface area (Å²) in [5.74, 6) is -0.275. The molecule has 2 rings (SSSR count). The summed E-state index contributed by atoms with van der Waals surface area (Å²) in [6.45, 7) is 1.92. The van der Waals surface area contributed by atoms with Gasteiger partial charge in [0.15, 0.2) is 0 Å². The Balaban J connectivity index is 1.92. The molecule has 1 aromatic carbocycles. The van der Waals surface area contributed by atoms with Crippen molar-refractivity contribution in [2.24, 2.45) is 0 Å². The minimum Gasteiger partial charge on any atom is -0.399 e. The molecular formula is C13H20FN3. The third-order valence-electron chi connectivity index (χ3n) is 3.44. The zero-order valence-corrected chi connectivity index (χ0v) is 10.2. The number of likely N-dealkylation sites (tertiary alicyclic amines) is 1. The van der Waals surface area contributed by atoms with E-state index in [9.17, 15) is 4.39 Å². The van der Waals surface area contributed by atoms with Gasteiger partial charge in [-0.05, 0) is 44.6 Å². The number of anilines is 2. The number of benzene rings is 1. The zero-order valence-electron chi connectivity index (χ0n) is 10.2. The van der Waals surface area contributed by atoms with Crippen LogP contribution in [0.4, 0.5) is 15.8 Å². The fourth-order valence-corrected chi connectivity index (χ4v) is 2.30. The van der Waals surface area contributed by atoms with Crippen molar-refractivity contribution in [3.8, 4) is 0 Å². The van der Waals surface area contributed by atoms with E-state index in [4.69, 9.17) is 5.73 Å². The fraction of sp³-hybridized carbons (Fsp3) is 0.538. The number of nitrogens with zero attached hydrogens (tertiary/aromatic N) is 1. The Labute approximate surface area is 102 Å². The molecule has 1 aliphatic rings. The Morgan fingerprint density at radius 2 is 2.29 bits per heavy atom. The van der Waals surface area contributed by atoms with Crippen molar-refractivity contribution in [1.29, 1.82) is 0 Å². The summed E-state index contributed by atoms with van der Waals surface area (Å²) >= 11 is 0. The van der Waals surface area contributed by atoms with Crippen LogP contribution in [0.15, 0.2) is 18.2 Å². The molecule has 1 atom stereocenters. The number of piperidine rings is 1. The van der Waals surface area contributed by atoms with Crippen molar-refractivity contribution in [3.05, 3.63) is 24.0 Å². The second kappa shape index (κ2) is 5.36. The number of nitrogens with one attached hydrogen (secondary N) is 1. The van der Waals surface area contributed by atoms with Gasteiger partial charge in [-0.25, -0.2) is 4.39 Å². The van der Waals surface area contributed by atoms with Crippen LogP contribution in [0.3, 0.4) is 0 Å². The van der Waals surface area contributed by atoms with Gasteiger partial charge in [-0.15, -0.1) is 0 Å². The summed E-state index contributed by atoms with van der Waals surface area (Å²) in [5.41, 5.74) is 6.51. The van der Waals surface area contributed by atoms with E-state index in [1.165, 1.54) is 25.3 Å². The molecule has 1 saturated heterocycles. The lowest BCUT2D eigenvalue weighted by atomic mass is 10.0. The molecule has 4 heteroatoms. The molecule has 1 aromatic rings. The van der Waals surface area contributed by atoms with E-state index in [0.717, 1.165) is 13.1 Å². The molecule has 1 unspecified atom stereocenters. The number of likely N-dealkylation sites (N-methyl/N-ethyl adjacent to an activating group) is 1. The van der Waals surface area contributed by atoms with Crippen LogP contribution >= 0.6 is 0 Å². The van der Waals surface area contributed by atoms with Crippen LogP contribution in [0.2, 0.25) is 0 Å². The molecule has 3 N–H and O–H groups in total. The molecule has 0 amide bonds. The van der Waals surface area contributed by atoms with Crippen LogP contribution in [0.1, 0.15) is 19.3 Å². The van der Waals surface area contributed by atoms with Crippen LogP contribution in [-0.4, -0.2) is 31.1 Å². The summed E-state index contributed by atoms with van der Waals surface area (Å²) in [6.07, 6.45) is 3.71. The van der Waals surface area contributed by atoms with E-state index < -0.39 is 0 Å². The summed E-state index contributed by atoms with van der Waals surface area (Å²) in [7, 11) is 2.13. The Kier molecular flexibility index (Phi) is 3.84. The summed E-state index contributed by atoms with van der Waals surface area (Å²) in [6, 6.07) is 5.27. The number of hydrogen-bond acceptors (Lipinski definition) is 3. The second-order valence-electron chi connectivity index (χ2n) is 4.75. The molecule has 0 bridgehead atoms. The van der Waals surface area contributed by atoms with Gasteiger partial charge in [-0.1, -0.05) is 6.42 Å². The highest BCUT2D eigenvalue weighted by Crippen LogP contribution is 2.19. The van der Waals surface area contributed by atoms with Crippen LogP contribution in [-0.2, 0) is 0 Å². The van der Waals surface area contributed by atoms with E-state index >= 15 is 0 Å². The Hall–Kier alpha value is -1.29. The van der Waals surface area contributed by atoms with Crippen molar-refractivity contribution in [3.63, 3.8) is 0 Å². The van der Waals surface area contributed by atoms with Gasteiger partial charge >= 0.3 is 0 Å². The first kappa shape index (κ1) is 12.2. The molecule has 1 heterocycles. The fourth-order valence-electron chi connectivity index (χ4n) is 2.30. The highest BCUT2D eigenvalue weighted by Gasteiger charge is 2.18. The van der Waals surface area contributed by atoms with Gasteiger partial charge in [0.2, 0.25) is 0 Å². The lowest BCUT2D eigenvalue weighted by molar-refractivity contribution is 0.194. The summed E-state index contributed by atoms with van der Waals surface area (Å²) < 4.78 is 13.5. The van der Waals surface area contributed by atoms with Crippen molar-refractivity contribution in [2.75, 3.05) is 31.2 Å². The Morgan fingerprint density at radius 1 is 1.47 bits per heavy atom. The molecule has 94 valence electrons. The largest absolute Gasteiger partial charge is 0.399 e. The number of rotatable bonds is 3. The molecule has 0 aromatic heterocycles. The lowest BCUT2D eigenvalue weighted by Crippen LogP contribution is -2.40. The second-order valence-corrected chi connectivity index (χ2v) is 4.75. The van der Waals surface area contributed by atoms with E-state index in [1.807, 2.05) is 0 Å². The SMILES string of the molecule is CN1CCCCC1CNc1ccc(N)cc1F. The van der Waals surface area contributed by atoms with Crippen LogP contribution < -0.4 is 11.1 Å². The first-order valence-corrected chi connectivity index (χ1v) is 6.16. The van der Waals surface area contributed by atoms with Gasteiger partial charge in [-0.2, -0.15) is 0 Å². The lowest BCUT2D eigenvalue weighted by Gasteiger charge is -2.32. The monoisotopic (exact) mass is 237 g/mol. The Bertz CT molecular complexity index is 381. The maximum atomic E-state index is 13.5. The van der Waals surface area contributed by atoms with Crippen molar-refractivity contribution in [2.45, 2.75) is 25.3 Å². The van der Waals surface area contributed by atoms with Crippen molar-refractivity contribution >= 4 is 11.4 Å². The van der Waals surface area contributed by atoms with Gasteiger partial charge in [0.1, 0.15) is 5.82 Å². The smallest absolute Gasteiger partial charge is 0.148 e. The molecule has 1 fully saturated rings. The van der Waals surface area contributed by atoms with E-state index in [1.54, 1.807) is 12.1 Å². The predicted molar refractivity (Wildman–Crippen MR) is 69.6 cm³/mol. The zero-order chi connectivity index (χ0) is 12.3. The van der Waals surface area contributed by atoms with Crippen molar-refractivity contribution < 1.29 is 4.39 Å². The predicted octanol–water partition coefficient (Wildman–Crippen LogP) is 2.30. The highest BCUT2D eigenvalue weighted by atomic mass is 19.1. The first-order valence-electron chi connectivity index (χ1n) is 6.16. The van der Waals surface area contributed by atoms with Gasteiger partial charge in [0.25, 0.3) is 0 Å². The third kappa shape index (κ3) is 3.09. The minimum absolute atomic E-state index is 0.275. The molecule has 0 saturated carbocycles. The van der Waals surface area contributed by atoms with E-state index in [-0.39, 0.29) is 5.82 Å². The average molecular weight is 237 g/mol. The highest BCUT2D eigenvalue weighted by molar-refractivity contribution is 5.52. The van der Waals surface area contributed by atoms with Gasteiger partial charge < -0.3 is 16.0 Å². The quantitative estimate of drug-likeness (QED) is 0.793. The molecule has 1 aliphatic heterocycles. The van der Waals surface area contributed by atoms with Gasteiger partial charge in [0.05, 0.1) is 5.69 Å². The first-order chi connectivity index (χ1) is 8.16. The normalized spacial score (nSPS) is 21.4. The molecular weight excluding hydrogens is 217 g/mol. The maximum absolute atomic E-state index is 13.5. The summed E-state index contributed by atoms with van der Waals surface area (Å²) in [4.78, 5) is 2.34. The average Bonchev–Trinajstić information content (AvgIpc) is 2.30. The van der Waals surface area contributed by atoms with Crippen LogP contribution in [0, 0.1) is 5.82 Å². The maximum Gasteiger partial charge on any atom is 0.148 e. The molecule has 3 nitrogen and oxygen atoms in total. The van der Waals surface area contributed by atoms with Gasteiger partial charge in [-0.3, -0.25) is 0 Å². The molecule has 0 spiro atoms. The number of nitrogen functional groups attached to an aromatic ring is 1. The molecule has 17 heavy (non-hydrogen) atoms. The standard InChI is InChI=1S/C13H20FN3/c1-17-7-3-2-4-11(17)9-16-13-6-5-10(15)8-12(13)14/h5-6,8,11,16H,2-4,7,9,15H2,1H3. The molecule has 0 radical (unpaired) electrons. The van der Waals surface area contributed by atoms with E-state index in [0.29, 0.717) is 17.4 Å². The summed E-state index contributed by atoms with van der Waals surface area (Å²) in [5, 5.41) is 3.17. The Morgan fingerprint density at radius 3 is 3.00 bits per heavy atom. The van der Waals surface area contributed by atoms with Crippen molar-refractivity contribution in [1.82, 2.24) is 4.90 Å². The topological polar surface area (TPSA) is 41.3 Å². The van der Waals surface area contributed by atoms with E-state index in [2.05, 4.69) is 17.3 Å². The van der Waals surface area contributed by atoms with Gasteiger partial charge in [0, 0.05) is 18.3 Å². The molecule has 0 aliphatic carbocycles. The minimum atomic E-state index is -0.275. The number of nitrogens with two attached hydrogens (primary N) is 1. The third-order valence-corrected chi connectivity index (χ3v) is 3.44. The van der Waals surface area contributed by atoms with Crippen LogP contribution in [0.25, 0.3) is 0 Å². The van der Waals surface area contributed by atoms with Crippen LogP contribution in [0.5, 0.6) is 0 Å².